The van der Waals surface area contributed by atoms with E-state index < -0.39 is 31.2 Å². The molecule has 0 bridgehead atoms. The van der Waals surface area contributed by atoms with Crippen molar-refractivity contribution in [1.29, 1.82) is 0 Å². The third-order valence-electron chi connectivity index (χ3n) is 5.35. The lowest BCUT2D eigenvalue weighted by Crippen LogP contribution is -2.38. The number of halogens is 1. The lowest BCUT2D eigenvalue weighted by molar-refractivity contribution is 0.261. The van der Waals surface area contributed by atoms with E-state index in [2.05, 4.69) is 23.7 Å². The molecular weight excluding hydrogens is 524 g/mol. The van der Waals surface area contributed by atoms with E-state index in [1.165, 1.54) is 11.1 Å². The summed E-state index contributed by atoms with van der Waals surface area (Å²) in [6.45, 7) is 8.45. The van der Waals surface area contributed by atoms with Crippen molar-refractivity contribution in [1.82, 2.24) is 9.88 Å². The standard InChI is InChI=1S/C20H30ClN3O7P2S/c1-4-23(5-2)12-6-7-14(3)24(19(25)34-20(32(26,27)28)33(29,30)31)18-10-11-22-17-13-15(21)8-9-16(17)18/h8-11,13-14,20H,4-7,12H2,1-3H3,(H2,26,27,28)(H2,29,30,31). The van der Waals surface area contributed by atoms with Gasteiger partial charge in [0.05, 0.1) is 11.2 Å². The van der Waals surface area contributed by atoms with Gasteiger partial charge in [0.25, 0.3) is 5.24 Å². The van der Waals surface area contributed by atoms with Gasteiger partial charge in [-0.2, -0.15) is 0 Å². The van der Waals surface area contributed by atoms with Gasteiger partial charge in [0, 0.05) is 22.6 Å². The summed E-state index contributed by atoms with van der Waals surface area (Å²) < 4.78 is 21.1. The summed E-state index contributed by atoms with van der Waals surface area (Å²) in [5.41, 5.74) is 0.911. The van der Waals surface area contributed by atoms with E-state index in [-0.39, 0.29) is 11.8 Å². The molecule has 0 aliphatic carbocycles. The summed E-state index contributed by atoms with van der Waals surface area (Å²) in [5.74, 6) is 0. The number of carbonyl (C=O) groups excluding carboxylic acids is 1. The van der Waals surface area contributed by atoms with E-state index in [0.29, 0.717) is 28.0 Å². The molecule has 1 amide bonds. The van der Waals surface area contributed by atoms with E-state index in [4.69, 9.17) is 11.6 Å². The highest BCUT2D eigenvalue weighted by Gasteiger charge is 2.47. The van der Waals surface area contributed by atoms with Crippen LogP contribution in [-0.2, 0) is 9.13 Å². The zero-order valence-corrected chi connectivity index (χ0v) is 22.5. The van der Waals surface area contributed by atoms with E-state index in [1.54, 1.807) is 31.2 Å². The number of rotatable bonds is 11. The van der Waals surface area contributed by atoms with Crippen LogP contribution in [0.3, 0.4) is 0 Å². The fourth-order valence-corrected chi connectivity index (χ4v) is 7.54. The Morgan fingerprint density at radius 3 is 2.29 bits per heavy atom. The van der Waals surface area contributed by atoms with Crippen molar-refractivity contribution in [3.05, 3.63) is 35.5 Å². The molecular formula is C20H30ClN3O7P2S. The molecule has 0 fully saturated rings. The van der Waals surface area contributed by atoms with Crippen molar-refractivity contribution in [2.75, 3.05) is 24.5 Å². The first-order valence-corrected chi connectivity index (χ1v) is 15.3. The number of anilines is 1. The lowest BCUT2D eigenvalue weighted by Gasteiger charge is -2.32. The second-order valence-electron chi connectivity index (χ2n) is 7.77. The molecule has 34 heavy (non-hydrogen) atoms. The average Bonchev–Trinajstić information content (AvgIpc) is 2.73. The van der Waals surface area contributed by atoms with Gasteiger partial charge in [0.15, 0.2) is 0 Å². The Morgan fingerprint density at radius 1 is 1.12 bits per heavy atom. The highest BCUT2D eigenvalue weighted by atomic mass is 35.5. The smallest absolute Gasteiger partial charge is 0.323 e. The Hall–Kier alpha value is -1.00. The van der Waals surface area contributed by atoms with Crippen LogP contribution in [0.5, 0.6) is 0 Å². The normalized spacial score (nSPS) is 13.6. The maximum Gasteiger partial charge on any atom is 0.351 e. The summed E-state index contributed by atoms with van der Waals surface area (Å²) in [6, 6.07) is 6.07. The number of hydrogen-bond acceptors (Lipinski definition) is 6. The topological polar surface area (TPSA) is 152 Å². The fraction of sp³-hybridized carbons (Fsp3) is 0.500. The number of hydrogen-bond donors (Lipinski definition) is 4. The molecule has 0 spiro atoms. The van der Waals surface area contributed by atoms with Crippen molar-refractivity contribution in [2.24, 2.45) is 0 Å². The maximum absolute atomic E-state index is 13.4. The van der Waals surface area contributed by atoms with Crippen LogP contribution in [0, 0.1) is 0 Å². The van der Waals surface area contributed by atoms with E-state index >= 15 is 0 Å². The largest absolute Gasteiger partial charge is 0.351 e. The second kappa shape index (κ2) is 12.3. The van der Waals surface area contributed by atoms with Gasteiger partial charge < -0.3 is 24.5 Å². The van der Waals surface area contributed by atoms with Crippen molar-refractivity contribution >= 4 is 60.4 Å². The molecule has 190 valence electrons. The van der Waals surface area contributed by atoms with Gasteiger partial charge in [-0.3, -0.25) is 23.8 Å². The van der Waals surface area contributed by atoms with Crippen LogP contribution in [0.2, 0.25) is 5.02 Å². The SMILES string of the molecule is CCN(CC)CCCC(C)N(C(=O)SC(P(=O)(O)O)P(=O)(O)O)c1ccnc2cc(Cl)ccc12. The maximum atomic E-state index is 13.4. The van der Waals surface area contributed by atoms with Gasteiger partial charge in [0.2, 0.25) is 4.73 Å². The van der Waals surface area contributed by atoms with Gasteiger partial charge in [0.1, 0.15) is 0 Å². The molecule has 1 aromatic heterocycles. The minimum atomic E-state index is -5.29. The molecule has 1 atom stereocenters. The Bertz CT molecular complexity index is 1070. The summed E-state index contributed by atoms with van der Waals surface area (Å²) in [4.78, 5) is 59.2. The quantitative estimate of drug-likeness (QED) is 0.288. The molecule has 0 aliphatic rings. The van der Waals surface area contributed by atoms with Gasteiger partial charge in [-0.15, -0.1) is 0 Å². The molecule has 4 N–H and O–H groups in total. The molecule has 1 heterocycles. The molecule has 0 saturated heterocycles. The third kappa shape index (κ3) is 7.75. The van der Waals surface area contributed by atoms with Gasteiger partial charge in [-0.1, -0.05) is 25.4 Å². The number of thioether (sulfide) groups is 1. The van der Waals surface area contributed by atoms with Gasteiger partial charge in [-0.25, -0.2) is 0 Å². The van der Waals surface area contributed by atoms with Crippen LogP contribution in [0.4, 0.5) is 10.5 Å². The van der Waals surface area contributed by atoms with Crippen LogP contribution in [0.1, 0.15) is 33.6 Å². The van der Waals surface area contributed by atoms with Crippen LogP contribution >= 0.6 is 38.6 Å². The molecule has 2 rings (SSSR count). The zero-order valence-electron chi connectivity index (χ0n) is 19.1. The molecule has 0 aliphatic heterocycles. The first-order valence-electron chi connectivity index (χ1n) is 10.7. The predicted octanol–water partition coefficient (Wildman–Crippen LogP) is 4.70. The number of aromatic nitrogens is 1. The van der Waals surface area contributed by atoms with Crippen LogP contribution in [0.25, 0.3) is 10.9 Å². The number of fused-ring (bicyclic) bond motifs is 1. The van der Waals surface area contributed by atoms with Crippen molar-refractivity contribution in [2.45, 2.75) is 44.4 Å². The van der Waals surface area contributed by atoms with Crippen molar-refractivity contribution in [3.8, 4) is 0 Å². The molecule has 0 radical (unpaired) electrons. The van der Waals surface area contributed by atoms with Gasteiger partial charge in [-0.05, 0) is 75.4 Å². The van der Waals surface area contributed by atoms with Crippen LogP contribution in [0.15, 0.2) is 30.5 Å². The van der Waals surface area contributed by atoms with Gasteiger partial charge >= 0.3 is 15.2 Å². The third-order valence-corrected chi connectivity index (χ3v) is 11.4. The predicted molar refractivity (Wildman–Crippen MR) is 137 cm³/mol. The molecule has 1 unspecified atom stereocenters. The Kier molecular flexibility index (Phi) is 10.6. The summed E-state index contributed by atoms with van der Waals surface area (Å²) in [6.07, 6.45) is 2.77. The number of pyridine rings is 1. The molecule has 10 nitrogen and oxygen atoms in total. The second-order valence-corrected chi connectivity index (χ2v) is 13.8. The van der Waals surface area contributed by atoms with Crippen molar-refractivity contribution < 1.29 is 33.5 Å². The monoisotopic (exact) mass is 553 g/mol. The summed E-state index contributed by atoms with van der Waals surface area (Å²) in [7, 11) is -10.6. The highest BCUT2D eigenvalue weighted by Crippen LogP contribution is 2.65. The highest BCUT2D eigenvalue weighted by molar-refractivity contribution is 8.22. The molecule has 1 aromatic carbocycles. The van der Waals surface area contributed by atoms with Crippen molar-refractivity contribution in [3.63, 3.8) is 0 Å². The number of nitrogens with zero attached hydrogens (tertiary/aromatic N) is 3. The first kappa shape index (κ1) is 29.2. The number of carbonyl (C=O) groups is 1. The number of amides is 1. The number of benzene rings is 1. The first-order chi connectivity index (χ1) is 15.8. The van der Waals surface area contributed by atoms with E-state index in [0.717, 1.165) is 26.1 Å². The Balaban J connectivity index is 2.46. The molecule has 0 saturated carbocycles. The average molecular weight is 554 g/mol. The fourth-order valence-electron chi connectivity index (χ4n) is 3.59. The van der Waals surface area contributed by atoms with E-state index in [9.17, 15) is 33.5 Å². The minimum absolute atomic E-state index is 0.0458. The van der Waals surface area contributed by atoms with Crippen LogP contribution in [-0.4, -0.2) is 65.1 Å². The summed E-state index contributed by atoms with van der Waals surface area (Å²) in [5, 5.41) is 0.134. The Morgan fingerprint density at radius 2 is 1.74 bits per heavy atom. The van der Waals surface area contributed by atoms with E-state index in [1.807, 2.05) is 0 Å². The zero-order chi connectivity index (χ0) is 25.7. The molecule has 2 aromatic rings. The minimum Gasteiger partial charge on any atom is -0.323 e. The Labute approximate surface area is 208 Å². The lowest BCUT2D eigenvalue weighted by atomic mass is 10.1. The summed E-state index contributed by atoms with van der Waals surface area (Å²) >= 11 is 6.02. The molecule has 14 heteroatoms. The van der Waals surface area contributed by atoms with Crippen LogP contribution < -0.4 is 4.90 Å².